The number of hydrogen-bond acceptors (Lipinski definition) is 5. The van der Waals surface area contributed by atoms with Crippen LogP contribution in [0.2, 0.25) is 0 Å². The Labute approximate surface area is 160 Å². The van der Waals surface area contributed by atoms with Crippen LogP contribution in [0.4, 0.5) is 5.69 Å². The molecule has 8 heteroatoms. The molecule has 1 fully saturated rings. The highest BCUT2D eigenvalue weighted by molar-refractivity contribution is 8.26. The number of carbonyl (C=O) groups excluding carboxylic acids is 2. The largest absolute Gasteiger partial charge is 0.481 e. The van der Waals surface area contributed by atoms with Gasteiger partial charge in [0, 0.05) is 25.1 Å². The van der Waals surface area contributed by atoms with Crippen molar-refractivity contribution in [3.05, 3.63) is 34.7 Å². The zero-order valence-electron chi connectivity index (χ0n) is 14.2. The molecule has 1 aromatic rings. The van der Waals surface area contributed by atoms with E-state index in [1.807, 2.05) is 31.2 Å². The van der Waals surface area contributed by atoms with Crippen molar-refractivity contribution in [2.75, 3.05) is 18.0 Å². The highest BCUT2D eigenvalue weighted by atomic mass is 32.2. The van der Waals surface area contributed by atoms with Gasteiger partial charge in [0.05, 0.1) is 16.2 Å². The summed E-state index contributed by atoms with van der Waals surface area (Å²) >= 11 is 6.41. The van der Waals surface area contributed by atoms with Gasteiger partial charge in [-0.1, -0.05) is 49.1 Å². The Morgan fingerprint density at radius 3 is 2.58 bits per heavy atom. The van der Waals surface area contributed by atoms with Crippen molar-refractivity contribution in [1.29, 1.82) is 0 Å². The monoisotopic (exact) mass is 390 g/mol. The Hall–Kier alpha value is -2.19. The lowest BCUT2D eigenvalue weighted by Gasteiger charge is -2.15. The molecule has 1 aromatic carbocycles. The Morgan fingerprint density at radius 2 is 1.88 bits per heavy atom. The molecule has 0 spiro atoms. The van der Waals surface area contributed by atoms with Gasteiger partial charge in [-0.2, -0.15) is 0 Å². The summed E-state index contributed by atoms with van der Waals surface area (Å²) in [6.07, 6.45) is 1.09. The standard InChI is InChI=1S/C18H18N2O4S2/c1-2-9-19-12-7-4-3-6-11(12)14(16(19)23)15-17(24)20(18(25)26-15)10-5-8-13(21)22/h3-4,6-7H,2,5,8-10H2,1H3,(H,21,22)/b15-14-. The molecule has 0 aromatic heterocycles. The molecule has 136 valence electrons. The van der Waals surface area contributed by atoms with E-state index < -0.39 is 5.97 Å². The first kappa shape index (κ1) is 18.6. The quantitative estimate of drug-likeness (QED) is 0.594. The predicted octanol–water partition coefficient (Wildman–Crippen LogP) is 2.88. The van der Waals surface area contributed by atoms with E-state index in [2.05, 4.69) is 0 Å². The molecule has 0 aliphatic carbocycles. The van der Waals surface area contributed by atoms with Crippen LogP contribution in [-0.2, 0) is 14.4 Å². The summed E-state index contributed by atoms with van der Waals surface area (Å²) in [6.45, 7) is 2.82. The van der Waals surface area contributed by atoms with Gasteiger partial charge in [-0.3, -0.25) is 19.3 Å². The fraction of sp³-hybridized carbons (Fsp3) is 0.333. The van der Waals surface area contributed by atoms with Gasteiger partial charge in [0.15, 0.2) is 0 Å². The summed E-state index contributed by atoms with van der Waals surface area (Å²) in [5.41, 5.74) is 1.95. The van der Waals surface area contributed by atoms with Crippen LogP contribution < -0.4 is 4.90 Å². The molecule has 3 rings (SSSR count). The zero-order valence-corrected chi connectivity index (χ0v) is 15.9. The smallest absolute Gasteiger partial charge is 0.303 e. The summed E-state index contributed by atoms with van der Waals surface area (Å²) < 4.78 is 0.363. The molecule has 0 bridgehead atoms. The number of benzene rings is 1. The number of nitrogens with zero attached hydrogens (tertiary/aromatic N) is 2. The minimum atomic E-state index is -0.913. The van der Waals surface area contributed by atoms with Crippen LogP contribution in [0.5, 0.6) is 0 Å². The molecular formula is C18H18N2O4S2. The first-order valence-corrected chi connectivity index (χ1v) is 9.59. The van der Waals surface area contributed by atoms with E-state index in [9.17, 15) is 14.4 Å². The average Bonchev–Trinajstić information content (AvgIpc) is 3.03. The Kier molecular flexibility index (Phi) is 5.43. The maximum absolute atomic E-state index is 13.0. The second kappa shape index (κ2) is 7.59. The van der Waals surface area contributed by atoms with Gasteiger partial charge in [-0.25, -0.2) is 0 Å². The number of amides is 2. The fourth-order valence-electron chi connectivity index (χ4n) is 3.08. The molecule has 26 heavy (non-hydrogen) atoms. The van der Waals surface area contributed by atoms with Gasteiger partial charge in [-0.05, 0) is 18.9 Å². The molecule has 2 heterocycles. The third-order valence-corrected chi connectivity index (χ3v) is 5.67. The van der Waals surface area contributed by atoms with Gasteiger partial charge in [0.25, 0.3) is 11.8 Å². The topological polar surface area (TPSA) is 77.9 Å². The molecule has 1 saturated heterocycles. The molecule has 0 unspecified atom stereocenters. The minimum Gasteiger partial charge on any atom is -0.481 e. The van der Waals surface area contributed by atoms with Crippen LogP contribution in [0, 0.1) is 0 Å². The molecule has 1 N–H and O–H groups in total. The fourth-order valence-corrected chi connectivity index (χ4v) is 4.46. The number of thioether (sulfide) groups is 1. The van der Waals surface area contributed by atoms with Crippen molar-refractivity contribution in [3.8, 4) is 0 Å². The second-order valence-electron chi connectivity index (χ2n) is 6.00. The van der Waals surface area contributed by atoms with E-state index in [4.69, 9.17) is 17.3 Å². The van der Waals surface area contributed by atoms with Crippen LogP contribution in [0.25, 0.3) is 5.57 Å². The molecule has 2 aliphatic heterocycles. The van der Waals surface area contributed by atoms with Crippen molar-refractivity contribution < 1.29 is 19.5 Å². The van der Waals surface area contributed by atoms with Gasteiger partial charge in [-0.15, -0.1) is 0 Å². The second-order valence-corrected chi connectivity index (χ2v) is 7.64. The Morgan fingerprint density at radius 1 is 1.15 bits per heavy atom. The van der Waals surface area contributed by atoms with E-state index in [0.29, 0.717) is 27.8 Å². The number of anilines is 1. The molecule has 2 aliphatic rings. The van der Waals surface area contributed by atoms with Crippen LogP contribution in [0.1, 0.15) is 31.7 Å². The highest BCUT2D eigenvalue weighted by Gasteiger charge is 2.41. The van der Waals surface area contributed by atoms with Crippen molar-refractivity contribution in [1.82, 2.24) is 4.90 Å². The maximum Gasteiger partial charge on any atom is 0.303 e. The number of para-hydroxylation sites is 1. The summed E-state index contributed by atoms with van der Waals surface area (Å²) in [5, 5.41) is 8.77. The summed E-state index contributed by atoms with van der Waals surface area (Å²) in [7, 11) is 0. The van der Waals surface area contributed by atoms with Crippen molar-refractivity contribution in [3.63, 3.8) is 0 Å². The SMILES string of the molecule is CCCN1C(=O)/C(=C2\SC(=S)N(CCCC(=O)O)C2=O)c2ccccc21. The summed E-state index contributed by atoms with van der Waals surface area (Å²) in [4.78, 5) is 39.9. The lowest BCUT2D eigenvalue weighted by molar-refractivity contribution is -0.137. The van der Waals surface area contributed by atoms with Crippen LogP contribution in [0.3, 0.4) is 0 Å². The number of fused-ring (bicyclic) bond motifs is 1. The van der Waals surface area contributed by atoms with Crippen LogP contribution >= 0.6 is 24.0 Å². The number of aliphatic carboxylic acids is 1. The lowest BCUT2D eigenvalue weighted by Crippen LogP contribution is -2.30. The normalized spacial score (nSPS) is 19.5. The van der Waals surface area contributed by atoms with E-state index in [1.165, 1.54) is 4.90 Å². The third-order valence-electron chi connectivity index (χ3n) is 4.22. The lowest BCUT2D eigenvalue weighted by atomic mass is 10.1. The van der Waals surface area contributed by atoms with Gasteiger partial charge in [0.1, 0.15) is 4.32 Å². The Bertz CT molecular complexity index is 834. The molecule has 0 saturated carbocycles. The van der Waals surface area contributed by atoms with Gasteiger partial charge < -0.3 is 10.0 Å². The number of carboxylic acid groups (broad SMARTS) is 1. The average molecular weight is 390 g/mol. The van der Waals surface area contributed by atoms with E-state index in [-0.39, 0.29) is 24.8 Å². The van der Waals surface area contributed by atoms with E-state index in [0.717, 1.165) is 29.4 Å². The highest BCUT2D eigenvalue weighted by Crippen LogP contribution is 2.44. The molecule has 6 nitrogen and oxygen atoms in total. The maximum atomic E-state index is 13.0. The van der Waals surface area contributed by atoms with Crippen molar-refractivity contribution in [2.24, 2.45) is 0 Å². The molecular weight excluding hydrogens is 372 g/mol. The number of carboxylic acids is 1. The molecule has 2 amide bonds. The molecule has 0 atom stereocenters. The first-order valence-electron chi connectivity index (χ1n) is 8.36. The number of carbonyl (C=O) groups is 3. The third kappa shape index (κ3) is 3.26. The summed E-state index contributed by atoms with van der Waals surface area (Å²) in [6, 6.07) is 7.43. The zero-order chi connectivity index (χ0) is 18.8. The number of thiocarbonyl (C=S) groups is 1. The van der Waals surface area contributed by atoms with Crippen molar-refractivity contribution >= 4 is 57.3 Å². The number of rotatable bonds is 6. The van der Waals surface area contributed by atoms with Crippen molar-refractivity contribution in [2.45, 2.75) is 26.2 Å². The predicted molar refractivity (Wildman–Crippen MR) is 105 cm³/mol. The molecule has 0 radical (unpaired) electrons. The van der Waals surface area contributed by atoms with Crippen LogP contribution in [0.15, 0.2) is 29.2 Å². The minimum absolute atomic E-state index is 0.0327. The van der Waals surface area contributed by atoms with Crippen LogP contribution in [-0.4, -0.2) is 45.2 Å². The first-order chi connectivity index (χ1) is 12.5. The number of hydrogen-bond donors (Lipinski definition) is 1. The Balaban J connectivity index is 1.95. The van der Waals surface area contributed by atoms with Gasteiger partial charge in [0.2, 0.25) is 0 Å². The van der Waals surface area contributed by atoms with Gasteiger partial charge >= 0.3 is 5.97 Å². The van der Waals surface area contributed by atoms with E-state index >= 15 is 0 Å². The summed E-state index contributed by atoms with van der Waals surface area (Å²) in [5.74, 6) is -1.41. The van der Waals surface area contributed by atoms with E-state index in [1.54, 1.807) is 4.90 Å².